The number of aromatic amines is 2. The highest BCUT2D eigenvalue weighted by atomic mass is 16.2. The van der Waals surface area contributed by atoms with Gasteiger partial charge in [0.05, 0.1) is 11.7 Å². The Hall–Kier alpha value is -3.13. The molecular weight excluding hydrogens is 404 g/mol. The second-order valence-corrected chi connectivity index (χ2v) is 9.93. The van der Waals surface area contributed by atoms with E-state index in [1.807, 2.05) is 18.2 Å². The van der Waals surface area contributed by atoms with Gasteiger partial charge >= 0.3 is 0 Å². The molecule has 1 atom stereocenters. The molecule has 1 aromatic carbocycles. The summed E-state index contributed by atoms with van der Waals surface area (Å²) in [5.74, 6) is -0.288. The number of fused-ring (bicyclic) bond motifs is 2. The van der Waals surface area contributed by atoms with E-state index in [1.165, 1.54) is 16.2 Å². The molecule has 1 aliphatic carbocycles. The largest absolute Gasteiger partial charge is 0.353 e. The number of likely N-dealkylation sites (tertiary alicyclic amines) is 1. The number of nitrogens with one attached hydrogen (secondary N) is 2. The summed E-state index contributed by atoms with van der Waals surface area (Å²) in [5, 5.41) is 8.93. The van der Waals surface area contributed by atoms with Crippen molar-refractivity contribution >= 4 is 28.4 Å². The zero-order valence-corrected chi connectivity index (χ0v) is 18.9. The van der Waals surface area contributed by atoms with Gasteiger partial charge in [-0.05, 0) is 49.3 Å². The van der Waals surface area contributed by atoms with Crippen LogP contribution < -0.4 is 10.6 Å². The molecule has 2 amide bonds. The first-order valence-corrected chi connectivity index (χ1v) is 11.2. The van der Waals surface area contributed by atoms with E-state index in [2.05, 4.69) is 35.1 Å². The Bertz CT molecular complexity index is 1210. The van der Waals surface area contributed by atoms with Crippen molar-refractivity contribution in [3.05, 3.63) is 35.5 Å². The lowest BCUT2D eigenvalue weighted by Crippen LogP contribution is -2.41. The van der Waals surface area contributed by atoms with Crippen LogP contribution in [0.15, 0.2) is 24.3 Å². The van der Waals surface area contributed by atoms with E-state index in [0.717, 1.165) is 47.2 Å². The van der Waals surface area contributed by atoms with Crippen molar-refractivity contribution in [1.29, 1.82) is 0 Å². The Morgan fingerprint density at radius 1 is 1.34 bits per heavy atom. The van der Waals surface area contributed by atoms with E-state index in [4.69, 9.17) is 5.73 Å². The molecule has 0 saturated carbocycles. The molecule has 0 spiro atoms. The van der Waals surface area contributed by atoms with Gasteiger partial charge < -0.3 is 20.5 Å². The number of hydrogen-bond donors (Lipinski definition) is 3. The minimum absolute atomic E-state index is 0.0484. The fourth-order valence-electron chi connectivity index (χ4n) is 4.85. The maximum absolute atomic E-state index is 12.8. The van der Waals surface area contributed by atoms with Gasteiger partial charge in [-0.25, -0.2) is 0 Å². The molecule has 5 rings (SSSR count). The molecule has 168 valence electrons. The lowest BCUT2D eigenvalue weighted by atomic mass is 9.76. The van der Waals surface area contributed by atoms with Gasteiger partial charge in [0, 0.05) is 41.4 Å². The number of likely N-dealkylation sites (N-methyl/N-ethyl adjacent to an activating group) is 1. The molecule has 1 fully saturated rings. The Balaban J connectivity index is 1.37. The van der Waals surface area contributed by atoms with E-state index in [9.17, 15) is 9.59 Å². The summed E-state index contributed by atoms with van der Waals surface area (Å²) in [6.45, 7) is 5.18. The van der Waals surface area contributed by atoms with Crippen LogP contribution in [-0.2, 0) is 22.4 Å². The Kier molecular flexibility index (Phi) is 4.85. The molecule has 1 unspecified atom stereocenters. The van der Waals surface area contributed by atoms with E-state index >= 15 is 0 Å². The van der Waals surface area contributed by atoms with Crippen molar-refractivity contribution < 1.29 is 9.59 Å². The van der Waals surface area contributed by atoms with Crippen LogP contribution in [0.4, 0.5) is 5.69 Å². The third-order valence-corrected chi connectivity index (χ3v) is 6.95. The number of carbonyl (C=O) groups excluding carboxylic acids is 2. The summed E-state index contributed by atoms with van der Waals surface area (Å²) >= 11 is 0. The number of hydrogen-bond acceptors (Lipinski definition) is 4. The van der Waals surface area contributed by atoms with Crippen molar-refractivity contribution in [2.45, 2.75) is 45.6 Å². The second-order valence-electron chi connectivity index (χ2n) is 9.93. The third kappa shape index (κ3) is 3.58. The Morgan fingerprint density at radius 3 is 2.91 bits per heavy atom. The van der Waals surface area contributed by atoms with Crippen LogP contribution >= 0.6 is 0 Å². The van der Waals surface area contributed by atoms with Crippen molar-refractivity contribution in [3.8, 4) is 11.4 Å². The van der Waals surface area contributed by atoms with Gasteiger partial charge in [0.25, 0.3) is 0 Å². The van der Waals surface area contributed by atoms with Crippen LogP contribution in [0, 0.1) is 5.41 Å². The van der Waals surface area contributed by atoms with E-state index in [0.29, 0.717) is 18.4 Å². The average molecular weight is 435 g/mol. The zero-order chi connectivity index (χ0) is 22.6. The summed E-state index contributed by atoms with van der Waals surface area (Å²) in [4.78, 5) is 31.4. The fourth-order valence-corrected chi connectivity index (χ4v) is 4.85. The maximum Gasteiger partial charge on any atom is 0.246 e. The number of nitrogens with zero attached hydrogens (tertiary/aromatic N) is 3. The highest BCUT2D eigenvalue weighted by molar-refractivity contribution is 5.99. The summed E-state index contributed by atoms with van der Waals surface area (Å²) in [5.41, 5.74) is 12.3. The number of H-pyrrole nitrogens is 2. The van der Waals surface area contributed by atoms with Crippen molar-refractivity contribution in [1.82, 2.24) is 20.1 Å². The van der Waals surface area contributed by atoms with E-state index in [1.54, 1.807) is 11.9 Å². The maximum atomic E-state index is 12.8. The van der Waals surface area contributed by atoms with Crippen molar-refractivity contribution in [3.63, 3.8) is 0 Å². The smallest absolute Gasteiger partial charge is 0.246 e. The molecule has 0 radical (unpaired) electrons. The van der Waals surface area contributed by atoms with Crippen molar-refractivity contribution in [2.75, 3.05) is 25.0 Å². The summed E-state index contributed by atoms with van der Waals surface area (Å²) in [6, 6.07) is 7.53. The topological polar surface area (TPSA) is 111 Å². The molecule has 8 heteroatoms. The molecule has 2 aromatic heterocycles. The van der Waals surface area contributed by atoms with Gasteiger partial charge in [-0.3, -0.25) is 14.7 Å². The summed E-state index contributed by atoms with van der Waals surface area (Å²) in [7, 11) is 1.74. The predicted octanol–water partition coefficient (Wildman–Crippen LogP) is 2.60. The van der Waals surface area contributed by atoms with Gasteiger partial charge in [0.15, 0.2) is 0 Å². The molecule has 4 N–H and O–H groups in total. The number of anilines is 1. The fraction of sp³-hybridized carbons (Fsp3) is 0.458. The molecule has 1 aliphatic heterocycles. The number of amides is 2. The number of rotatable bonds is 4. The molecular formula is C24H30N6O2. The monoisotopic (exact) mass is 434 g/mol. The SMILES string of the molecule is CN(C(=O)CN1CCC(N)C1=O)c1ccc2cc(-c3n[nH]c4c3CCC(C)(C)C4)[nH]c2c1. The van der Waals surface area contributed by atoms with Crippen LogP contribution in [0.3, 0.4) is 0 Å². The van der Waals surface area contributed by atoms with Crippen LogP contribution in [0.2, 0.25) is 0 Å². The number of benzene rings is 1. The Labute approximate surface area is 187 Å². The highest BCUT2D eigenvalue weighted by Gasteiger charge is 2.31. The van der Waals surface area contributed by atoms with Crippen LogP contribution in [0.25, 0.3) is 22.3 Å². The molecule has 8 nitrogen and oxygen atoms in total. The number of aromatic nitrogens is 3. The van der Waals surface area contributed by atoms with Gasteiger partial charge in [-0.2, -0.15) is 5.10 Å². The Morgan fingerprint density at radius 2 is 2.16 bits per heavy atom. The van der Waals surface area contributed by atoms with Gasteiger partial charge in [0.1, 0.15) is 12.2 Å². The average Bonchev–Trinajstić information content (AvgIpc) is 3.44. The van der Waals surface area contributed by atoms with Crippen LogP contribution in [0.5, 0.6) is 0 Å². The normalized spacial score (nSPS) is 20.1. The second kappa shape index (κ2) is 7.48. The lowest BCUT2D eigenvalue weighted by Gasteiger charge is -2.28. The zero-order valence-electron chi connectivity index (χ0n) is 18.9. The minimum Gasteiger partial charge on any atom is -0.353 e. The molecule has 3 aromatic rings. The number of carbonyl (C=O) groups is 2. The molecule has 1 saturated heterocycles. The number of nitrogens with two attached hydrogens (primary N) is 1. The standard InChI is InChI=1S/C24H30N6O2/c1-24(2)8-6-16-20(12-24)27-28-22(16)19-10-14-4-5-15(11-18(14)26-19)29(3)21(31)13-30-9-7-17(25)23(30)32/h4-5,10-11,17,26H,6-9,12-13,25H2,1-3H3,(H,27,28). The first-order chi connectivity index (χ1) is 15.2. The highest BCUT2D eigenvalue weighted by Crippen LogP contribution is 2.38. The molecule has 2 aliphatic rings. The van der Waals surface area contributed by atoms with Crippen LogP contribution in [-0.4, -0.2) is 58.1 Å². The first-order valence-electron chi connectivity index (χ1n) is 11.2. The summed E-state index contributed by atoms with van der Waals surface area (Å²) < 4.78 is 0. The third-order valence-electron chi connectivity index (χ3n) is 6.95. The quantitative estimate of drug-likeness (QED) is 0.586. The molecule has 0 bridgehead atoms. The lowest BCUT2D eigenvalue weighted by molar-refractivity contribution is -0.132. The van der Waals surface area contributed by atoms with Gasteiger partial charge in [-0.15, -0.1) is 0 Å². The molecule has 3 heterocycles. The van der Waals surface area contributed by atoms with Crippen molar-refractivity contribution in [2.24, 2.45) is 11.1 Å². The summed E-state index contributed by atoms with van der Waals surface area (Å²) in [6.07, 6.45) is 3.78. The minimum atomic E-state index is -0.486. The van der Waals surface area contributed by atoms with Gasteiger partial charge in [-0.1, -0.05) is 19.9 Å². The first kappa shape index (κ1) is 20.8. The molecule has 32 heavy (non-hydrogen) atoms. The van der Waals surface area contributed by atoms with Crippen LogP contribution in [0.1, 0.15) is 37.9 Å². The van der Waals surface area contributed by atoms with Gasteiger partial charge in [0.2, 0.25) is 11.8 Å². The predicted molar refractivity (Wildman–Crippen MR) is 124 cm³/mol. The van der Waals surface area contributed by atoms with E-state index in [-0.39, 0.29) is 18.4 Å². The van der Waals surface area contributed by atoms with E-state index < -0.39 is 6.04 Å².